The Kier molecular flexibility index (Phi) is 5.04. The van der Waals surface area contributed by atoms with E-state index >= 15 is 0 Å². The molecule has 5 nitrogen and oxygen atoms in total. The lowest BCUT2D eigenvalue weighted by atomic mass is 9.96. The van der Waals surface area contributed by atoms with E-state index in [0.29, 0.717) is 19.5 Å². The van der Waals surface area contributed by atoms with Gasteiger partial charge in [-0.25, -0.2) is 0 Å². The molecule has 0 unspecified atom stereocenters. The molecule has 1 saturated heterocycles. The van der Waals surface area contributed by atoms with Gasteiger partial charge in [0, 0.05) is 20.1 Å². The van der Waals surface area contributed by atoms with Crippen LogP contribution in [0.4, 0.5) is 0 Å². The average Bonchev–Trinajstić information content (AvgIpc) is 2.32. The van der Waals surface area contributed by atoms with Crippen LogP contribution in [-0.4, -0.2) is 65.3 Å². The van der Waals surface area contributed by atoms with E-state index in [9.17, 15) is 9.59 Å². The van der Waals surface area contributed by atoms with Crippen LogP contribution in [0, 0.1) is 0 Å². The molecular weight excluding hydrogens is 250 g/mol. The summed E-state index contributed by atoms with van der Waals surface area (Å²) in [5, 5.41) is 0. The molecule has 0 radical (unpaired) electrons. The molecule has 2 N–H and O–H groups in total. The van der Waals surface area contributed by atoms with E-state index in [4.69, 9.17) is 5.73 Å². The third-order valence-corrected chi connectivity index (χ3v) is 4.06. The first-order valence-corrected chi connectivity index (χ1v) is 7.53. The minimum absolute atomic E-state index is 0.0285. The van der Waals surface area contributed by atoms with E-state index in [1.807, 2.05) is 6.26 Å². The van der Waals surface area contributed by atoms with Crippen LogP contribution in [0.15, 0.2) is 0 Å². The maximum atomic E-state index is 12.3. The van der Waals surface area contributed by atoms with Crippen molar-refractivity contribution >= 4 is 23.6 Å². The molecule has 0 aliphatic carbocycles. The molecule has 1 fully saturated rings. The van der Waals surface area contributed by atoms with Crippen LogP contribution in [0.1, 0.15) is 20.3 Å². The van der Waals surface area contributed by atoms with Crippen LogP contribution in [-0.2, 0) is 9.59 Å². The van der Waals surface area contributed by atoms with Crippen LogP contribution in [0.25, 0.3) is 0 Å². The number of piperazine rings is 1. The summed E-state index contributed by atoms with van der Waals surface area (Å²) < 4.78 is 0. The molecular formula is C12H23N3O2S. The van der Waals surface area contributed by atoms with Crippen molar-refractivity contribution in [2.45, 2.75) is 31.8 Å². The summed E-state index contributed by atoms with van der Waals surface area (Å²) >= 11 is 1.67. The van der Waals surface area contributed by atoms with Crippen molar-refractivity contribution in [1.29, 1.82) is 0 Å². The number of rotatable bonds is 4. The summed E-state index contributed by atoms with van der Waals surface area (Å²) in [5.74, 6) is 0.712. The van der Waals surface area contributed by atoms with Gasteiger partial charge in [0.05, 0.1) is 6.04 Å². The minimum Gasteiger partial charge on any atom is -0.342 e. The first-order chi connectivity index (χ1) is 8.32. The summed E-state index contributed by atoms with van der Waals surface area (Å²) in [6.07, 6.45) is 2.64. The third-order valence-electron chi connectivity index (χ3n) is 3.42. The zero-order chi connectivity index (χ0) is 13.9. The Morgan fingerprint density at radius 3 is 2.67 bits per heavy atom. The lowest BCUT2D eigenvalue weighted by Gasteiger charge is -2.45. The van der Waals surface area contributed by atoms with E-state index in [2.05, 4.69) is 0 Å². The molecule has 1 atom stereocenters. The second-order valence-electron chi connectivity index (χ2n) is 5.16. The number of hydrogen-bond donors (Lipinski definition) is 1. The average molecular weight is 273 g/mol. The lowest BCUT2D eigenvalue weighted by molar-refractivity contribution is -0.157. The molecule has 1 heterocycles. The molecule has 0 saturated carbocycles. The summed E-state index contributed by atoms with van der Waals surface area (Å²) in [6.45, 7) is 4.69. The zero-order valence-corrected chi connectivity index (χ0v) is 12.4. The van der Waals surface area contributed by atoms with E-state index in [-0.39, 0.29) is 11.8 Å². The Hall–Kier alpha value is -0.750. The van der Waals surface area contributed by atoms with Crippen LogP contribution < -0.4 is 5.73 Å². The molecule has 18 heavy (non-hydrogen) atoms. The quantitative estimate of drug-likeness (QED) is 0.791. The molecule has 1 rings (SSSR count). The second-order valence-corrected chi connectivity index (χ2v) is 6.15. The highest BCUT2D eigenvalue weighted by Crippen LogP contribution is 2.22. The van der Waals surface area contributed by atoms with Crippen molar-refractivity contribution in [2.75, 3.05) is 32.1 Å². The fraction of sp³-hybridized carbons (Fsp3) is 0.833. The van der Waals surface area contributed by atoms with Crippen LogP contribution in [0.2, 0.25) is 0 Å². The van der Waals surface area contributed by atoms with E-state index in [1.54, 1.807) is 42.5 Å². The summed E-state index contributed by atoms with van der Waals surface area (Å²) in [5.41, 5.74) is 5.12. The SMILES string of the molecule is CSCC[C@@H](N)C(=O)N1CCN(C)C(=O)C1(C)C. The number of hydrogen-bond acceptors (Lipinski definition) is 4. The van der Waals surface area contributed by atoms with E-state index < -0.39 is 11.6 Å². The topological polar surface area (TPSA) is 66.6 Å². The highest BCUT2D eigenvalue weighted by molar-refractivity contribution is 7.98. The van der Waals surface area contributed by atoms with Gasteiger partial charge in [-0.3, -0.25) is 9.59 Å². The smallest absolute Gasteiger partial charge is 0.247 e. The van der Waals surface area contributed by atoms with Gasteiger partial charge in [0.2, 0.25) is 11.8 Å². The van der Waals surface area contributed by atoms with Crippen LogP contribution >= 0.6 is 11.8 Å². The van der Waals surface area contributed by atoms with Gasteiger partial charge in [-0.1, -0.05) is 0 Å². The van der Waals surface area contributed by atoms with Gasteiger partial charge in [0.15, 0.2) is 0 Å². The van der Waals surface area contributed by atoms with Crippen LogP contribution in [0.3, 0.4) is 0 Å². The van der Waals surface area contributed by atoms with Crippen molar-refractivity contribution in [3.8, 4) is 0 Å². The second kappa shape index (κ2) is 5.93. The molecule has 0 bridgehead atoms. The van der Waals surface area contributed by atoms with Gasteiger partial charge in [-0.2, -0.15) is 11.8 Å². The predicted octanol–water partition coefficient (Wildman–Crippen LogP) is 0.146. The van der Waals surface area contributed by atoms with Gasteiger partial charge in [-0.05, 0) is 32.3 Å². The minimum atomic E-state index is -0.791. The number of likely N-dealkylation sites (N-methyl/N-ethyl adjacent to an activating group) is 1. The summed E-state index contributed by atoms with van der Waals surface area (Å²) in [4.78, 5) is 27.7. The van der Waals surface area contributed by atoms with Gasteiger partial charge >= 0.3 is 0 Å². The molecule has 0 aromatic rings. The predicted molar refractivity (Wildman–Crippen MR) is 74.4 cm³/mol. The van der Waals surface area contributed by atoms with Crippen molar-refractivity contribution < 1.29 is 9.59 Å². The largest absolute Gasteiger partial charge is 0.342 e. The standard InChI is InChI=1S/C12H23N3O2S/c1-12(2)11(17)14(3)6-7-15(12)10(16)9(13)5-8-18-4/h9H,5-8,13H2,1-4H3/t9-/m1/s1. The number of nitrogens with zero attached hydrogens (tertiary/aromatic N) is 2. The first kappa shape index (κ1) is 15.3. The molecule has 1 aliphatic rings. The number of carbonyl (C=O) groups excluding carboxylic acids is 2. The normalized spacial score (nSPS) is 21.1. The van der Waals surface area contributed by atoms with Gasteiger partial charge in [0.1, 0.15) is 5.54 Å². The fourth-order valence-electron chi connectivity index (χ4n) is 2.17. The molecule has 6 heteroatoms. The fourth-order valence-corrected chi connectivity index (χ4v) is 2.66. The van der Waals surface area contributed by atoms with Crippen molar-refractivity contribution in [3.63, 3.8) is 0 Å². The van der Waals surface area contributed by atoms with Crippen molar-refractivity contribution in [2.24, 2.45) is 5.73 Å². The Labute approximate surface area is 113 Å². The highest BCUT2D eigenvalue weighted by atomic mass is 32.2. The van der Waals surface area contributed by atoms with Crippen molar-refractivity contribution in [1.82, 2.24) is 9.80 Å². The Bertz CT molecular complexity index is 333. The number of nitrogens with two attached hydrogens (primary N) is 1. The zero-order valence-electron chi connectivity index (χ0n) is 11.6. The highest BCUT2D eigenvalue weighted by Gasteiger charge is 2.43. The molecule has 1 aliphatic heterocycles. The van der Waals surface area contributed by atoms with Gasteiger partial charge < -0.3 is 15.5 Å². The maximum Gasteiger partial charge on any atom is 0.247 e. The monoisotopic (exact) mass is 273 g/mol. The molecule has 0 spiro atoms. The Balaban J connectivity index is 2.76. The Morgan fingerprint density at radius 1 is 1.50 bits per heavy atom. The lowest BCUT2D eigenvalue weighted by Crippen LogP contribution is -2.65. The molecule has 0 aromatic carbocycles. The van der Waals surface area contributed by atoms with Gasteiger partial charge in [-0.15, -0.1) is 0 Å². The van der Waals surface area contributed by atoms with Gasteiger partial charge in [0.25, 0.3) is 0 Å². The van der Waals surface area contributed by atoms with E-state index in [1.165, 1.54) is 0 Å². The molecule has 104 valence electrons. The molecule has 0 aromatic heterocycles. The van der Waals surface area contributed by atoms with Crippen molar-refractivity contribution in [3.05, 3.63) is 0 Å². The van der Waals surface area contributed by atoms with E-state index in [0.717, 1.165) is 5.75 Å². The first-order valence-electron chi connectivity index (χ1n) is 6.14. The maximum absolute atomic E-state index is 12.3. The number of thioether (sulfide) groups is 1. The molecule has 2 amide bonds. The third kappa shape index (κ3) is 2.98. The Morgan fingerprint density at radius 2 is 2.11 bits per heavy atom. The van der Waals surface area contributed by atoms with Crippen LogP contribution in [0.5, 0.6) is 0 Å². The number of amides is 2. The number of carbonyl (C=O) groups is 2. The summed E-state index contributed by atoms with van der Waals surface area (Å²) in [6, 6.07) is -0.507. The summed E-state index contributed by atoms with van der Waals surface area (Å²) in [7, 11) is 1.76.